The summed E-state index contributed by atoms with van der Waals surface area (Å²) in [5.41, 5.74) is 7.28. The van der Waals surface area contributed by atoms with E-state index in [0.717, 1.165) is 11.4 Å². The van der Waals surface area contributed by atoms with Gasteiger partial charge in [0, 0.05) is 58.3 Å². The number of nitriles is 1. The van der Waals surface area contributed by atoms with E-state index in [1.54, 1.807) is 49.4 Å². The summed E-state index contributed by atoms with van der Waals surface area (Å²) in [7, 11) is 5.43. The summed E-state index contributed by atoms with van der Waals surface area (Å²) in [4.78, 5) is 10.8. The monoisotopic (exact) mass is 421 g/mol. The van der Waals surface area contributed by atoms with Crippen LogP contribution < -0.4 is 15.4 Å². The fraction of sp³-hybridized carbons (Fsp3) is 0.364. The molecule has 9 nitrogen and oxygen atoms in total. The van der Waals surface area contributed by atoms with E-state index in [-0.39, 0.29) is 5.60 Å². The lowest BCUT2D eigenvalue weighted by Crippen LogP contribution is -2.38. The zero-order chi connectivity index (χ0) is 22.6. The molecule has 0 aliphatic carbocycles. The Hall–Kier alpha value is -3.48. The Morgan fingerprint density at radius 3 is 2.55 bits per heavy atom. The van der Waals surface area contributed by atoms with Gasteiger partial charge in [0.1, 0.15) is 5.75 Å². The molecule has 1 aromatic carbocycles. The van der Waals surface area contributed by atoms with Gasteiger partial charge in [-0.15, -0.1) is 0 Å². The third-order valence-electron chi connectivity index (χ3n) is 4.89. The number of aromatic nitrogens is 4. The lowest BCUT2D eigenvalue weighted by Gasteiger charge is -2.28. The minimum absolute atomic E-state index is 0.325. The summed E-state index contributed by atoms with van der Waals surface area (Å²) in [5.74, 6) is 2.21. The van der Waals surface area contributed by atoms with Crippen molar-refractivity contribution in [2.75, 3.05) is 25.6 Å². The van der Waals surface area contributed by atoms with Gasteiger partial charge in [-0.1, -0.05) is 0 Å². The van der Waals surface area contributed by atoms with E-state index in [1.165, 1.54) is 0 Å². The predicted molar refractivity (Wildman–Crippen MR) is 118 cm³/mol. The van der Waals surface area contributed by atoms with E-state index in [1.807, 2.05) is 31.9 Å². The van der Waals surface area contributed by atoms with Crippen LogP contribution in [0.3, 0.4) is 0 Å². The molecule has 3 rings (SSSR count). The van der Waals surface area contributed by atoms with E-state index >= 15 is 0 Å². The molecule has 0 saturated heterocycles. The summed E-state index contributed by atoms with van der Waals surface area (Å²) in [6, 6.07) is 9.12. The molecular formula is C22H27N7O2. The number of nitrogens with zero attached hydrogens (tertiary/aromatic N) is 6. The molecule has 2 N–H and O–H groups in total. The molecule has 0 atom stereocenters. The van der Waals surface area contributed by atoms with Crippen LogP contribution in [-0.2, 0) is 18.3 Å². The number of rotatable bonds is 8. The quantitative estimate of drug-likeness (QED) is 0.590. The first kappa shape index (κ1) is 22.2. The highest BCUT2D eigenvalue weighted by molar-refractivity contribution is 5.66. The lowest BCUT2D eigenvalue weighted by atomic mass is 10.1. The van der Waals surface area contributed by atoms with E-state index in [0.29, 0.717) is 41.7 Å². The van der Waals surface area contributed by atoms with Crippen LogP contribution in [0.5, 0.6) is 11.6 Å². The first-order valence-electron chi connectivity index (χ1n) is 9.80. The molecule has 0 fully saturated rings. The minimum Gasteiger partial charge on any atom is -0.438 e. The van der Waals surface area contributed by atoms with Crippen LogP contribution in [0, 0.1) is 11.3 Å². The van der Waals surface area contributed by atoms with Crippen molar-refractivity contribution >= 4 is 5.82 Å². The minimum atomic E-state index is -0.325. The molecule has 0 spiro atoms. The van der Waals surface area contributed by atoms with Gasteiger partial charge < -0.3 is 20.1 Å². The molecule has 0 saturated carbocycles. The van der Waals surface area contributed by atoms with Gasteiger partial charge in [0.25, 0.3) is 0 Å². The highest BCUT2D eigenvalue weighted by Crippen LogP contribution is 2.33. The Morgan fingerprint density at radius 2 is 1.94 bits per heavy atom. The molecule has 0 radical (unpaired) electrons. The maximum atomic E-state index is 9.33. The Balaban J connectivity index is 1.93. The zero-order valence-corrected chi connectivity index (χ0v) is 18.5. The fourth-order valence-corrected chi connectivity index (χ4v) is 3.01. The van der Waals surface area contributed by atoms with E-state index in [9.17, 15) is 5.26 Å². The second kappa shape index (κ2) is 9.12. The average Bonchev–Trinajstić information content (AvgIpc) is 3.14. The molecule has 0 bridgehead atoms. The topological polar surface area (TPSA) is 115 Å². The Kier molecular flexibility index (Phi) is 6.53. The van der Waals surface area contributed by atoms with Crippen molar-refractivity contribution in [2.24, 2.45) is 12.8 Å². The average molecular weight is 422 g/mol. The van der Waals surface area contributed by atoms with E-state index in [4.69, 9.17) is 15.2 Å². The van der Waals surface area contributed by atoms with Gasteiger partial charge in [-0.25, -0.2) is 14.6 Å². The number of methoxy groups -OCH3 is 1. The van der Waals surface area contributed by atoms with E-state index < -0.39 is 0 Å². The van der Waals surface area contributed by atoms with Crippen LogP contribution in [0.25, 0.3) is 11.4 Å². The van der Waals surface area contributed by atoms with Gasteiger partial charge in [0.05, 0.1) is 22.8 Å². The third-order valence-corrected chi connectivity index (χ3v) is 4.89. The lowest BCUT2D eigenvalue weighted by molar-refractivity contribution is 0.0297. The zero-order valence-electron chi connectivity index (χ0n) is 18.5. The highest BCUT2D eigenvalue weighted by atomic mass is 16.5. The van der Waals surface area contributed by atoms with Gasteiger partial charge >= 0.3 is 0 Å². The molecule has 9 heteroatoms. The number of likely N-dealkylation sites (N-methyl/N-ethyl adjacent to an activating group) is 1. The summed E-state index contributed by atoms with van der Waals surface area (Å²) >= 11 is 0. The molecule has 31 heavy (non-hydrogen) atoms. The molecule has 0 unspecified atom stereocenters. The van der Waals surface area contributed by atoms with Crippen molar-refractivity contribution in [3.8, 4) is 29.1 Å². The molecule has 0 amide bonds. The first-order valence-corrected chi connectivity index (χ1v) is 9.80. The number of hydrogen-bond acceptors (Lipinski definition) is 8. The van der Waals surface area contributed by atoms with Gasteiger partial charge in [0.15, 0.2) is 11.6 Å². The van der Waals surface area contributed by atoms with Gasteiger partial charge in [-0.05, 0) is 32.0 Å². The molecule has 162 valence electrons. The van der Waals surface area contributed by atoms with Crippen LogP contribution in [0.2, 0.25) is 0 Å². The number of nitrogens with two attached hydrogens (primary N) is 1. The van der Waals surface area contributed by atoms with Crippen molar-refractivity contribution in [3.05, 3.63) is 47.8 Å². The maximum Gasteiger partial charge on any atom is 0.219 e. The second-order valence-electron chi connectivity index (χ2n) is 7.83. The maximum absolute atomic E-state index is 9.33. The summed E-state index contributed by atoms with van der Waals surface area (Å²) < 4.78 is 13.3. The number of benzene rings is 1. The summed E-state index contributed by atoms with van der Waals surface area (Å²) in [5, 5.41) is 13.9. The van der Waals surface area contributed by atoms with Crippen LogP contribution in [0.15, 0.2) is 36.7 Å². The van der Waals surface area contributed by atoms with Crippen LogP contribution in [0.4, 0.5) is 5.82 Å². The first-order chi connectivity index (χ1) is 14.8. The Bertz CT molecular complexity index is 1080. The predicted octanol–water partition coefficient (Wildman–Crippen LogP) is 2.86. The number of aryl methyl sites for hydroxylation is 1. The summed E-state index contributed by atoms with van der Waals surface area (Å²) in [6.45, 7) is 5.04. The van der Waals surface area contributed by atoms with Crippen molar-refractivity contribution in [2.45, 2.75) is 26.0 Å². The molecule has 0 aliphatic rings. The molecule has 2 aromatic heterocycles. The number of anilines is 1. The molecule has 0 aliphatic heterocycles. The third kappa shape index (κ3) is 5.17. The Morgan fingerprint density at radius 1 is 1.23 bits per heavy atom. The second-order valence-corrected chi connectivity index (χ2v) is 7.83. The van der Waals surface area contributed by atoms with Crippen molar-refractivity contribution in [3.63, 3.8) is 0 Å². The van der Waals surface area contributed by atoms with Crippen molar-refractivity contribution < 1.29 is 9.47 Å². The number of ether oxygens (including phenoxy) is 2. The van der Waals surface area contributed by atoms with Gasteiger partial charge in [0.2, 0.25) is 5.88 Å². The number of hydrogen-bond donors (Lipinski definition) is 1. The smallest absolute Gasteiger partial charge is 0.219 e. The SMILES string of the molecule is COC(C)(C)CN(C)c1cc(Oc2cc(C#N)ccc2-c2ncc(CN)cn2)n(C)n1. The van der Waals surface area contributed by atoms with Crippen molar-refractivity contribution in [1.29, 1.82) is 5.26 Å². The van der Waals surface area contributed by atoms with Gasteiger partial charge in [-0.3, -0.25) is 0 Å². The van der Waals surface area contributed by atoms with Crippen LogP contribution in [-0.4, -0.2) is 46.1 Å². The van der Waals surface area contributed by atoms with Crippen molar-refractivity contribution in [1.82, 2.24) is 19.7 Å². The van der Waals surface area contributed by atoms with Crippen LogP contribution in [0.1, 0.15) is 25.0 Å². The standard InChI is InChI=1S/C22H27N7O2/c1-22(2,30-5)14-28(3)19-9-20(29(4)27-19)31-18-8-15(10-23)6-7-17(18)21-25-12-16(11-24)13-26-21/h6-9,12-13H,11,14,24H2,1-5H3. The van der Waals surface area contributed by atoms with Gasteiger partial charge in [-0.2, -0.15) is 10.4 Å². The molecule has 3 aromatic rings. The molecular weight excluding hydrogens is 394 g/mol. The Labute approximate surface area is 182 Å². The van der Waals surface area contributed by atoms with Crippen LogP contribution >= 0.6 is 0 Å². The largest absolute Gasteiger partial charge is 0.438 e. The fourth-order valence-electron chi connectivity index (χ4n) is 3.01. The highest BCUT2D eigenvalue weighted by Gasteiger charge is 2.22. The normalized spacial score (nSPS) is 11.3. The molecule has 2 heterocycles. The van der Waals surface area contributed by atoms with E-state index in [2.05, 4.69) is 21.1 Å². The summed E-state index contributed by atoms with van der Waals surface area (Å²) in [6.07, 6.45) is 3.36.